The van der Waals surface area contributed by atoms with Crippen molar-refractivity contribution < 1.29 is 4.79 Å². The molecule has 2 rings (SSSR count). The van der Waals surface area contributed by atoms with Crippen LogP contribution in [0.1, 0.15) is 6.92 Å². The Balaban J connectivity index is 2.02. The molecule has 1 aromatic heterocycles. The summed E-state index contributed by atoms with van der Waals surface area (Å²) in [6.45, 7) is 9.85. The number of carbonyl (C=O) groups is 1. The molecule has 142 valence electrons. The molecule has 0 spiro atoms. The van der Waals surface area contributed by atoms with Gasteiger partial charge in [0.2, 0.25) is 5.91 Å². The van der Waals surface area contributed by atoms with E-state index in [1.807, 2.05) is 13.0 Å². The first-order valence-corrected chi connectivity index (χ1v) is 8.98. The minimum absolute atomic E-state index is 0.0261. The van der Waals surface area contributed by atoms with Crippen molar-refractivity contribution in [1.82, 2.24) is 20.1 Å². The number of pyridine rings is 1. The number of nitrogens with zero attached hydrogens (tertiary/aromatic N) is 5. The third-order valence-corrected chi connectivity index (χ3v) is 4.37. The topological polar surface area (TPSA) is 64.1 Å². The lowest BCUT2D eigenvalue weighted by atomic mass is 10.2. The average molecular weight is 379 g/mol. The zero-order valence-electron chi connectivity index (χ0n) is 15.7. The number of carbonyl (C=O) groups excluding carboxylic acids is 1. The predicted octanol–water partition coefficient (Wildman–Crippen LogP) is 1.47. The van der Waals surface area contributed by atoms with Crippen LogP contribution in [0.5, 0.6) is 0 Å². The number of guanidine groups is 1. The van der Waals surface area contributed by atoms with E-state index in [0.717, 1.165) is 43.4 Å². The van der Waals surface area contributed by atoms with Gasteiger partial charge in [0.1, 0.15) is 6.54 Å². The van der Waals surface area contributed by atoms with Crippen LogP contribution in [0.25, 0.3) is 0 Å². The zero-order chi connectivity index (χ0) is 19.1. The second-order valence-electron chi connectivity index (χ2n) is 6.54. The van der Waals surface area contributed by atoms with Crippen LogP contribution in [0.4, 0.5) is 5.69 Å². The lowest BCUT2D eigenvalue weighted by Crippen LogP contribution is -2.53. The number of aliphatic imine (C=N–C) groups is 1. The average Bonchev–Trinajstić information content (AvgIpc) is 2.62. The molecule has 1 aliphatic heterocycles. The van der Waals surface area contributed by atoms with Gasteiger partial charge in [-0.25, -0.2) is 4.99 Å². The Labute approximate surface area is 160 Å². The van der Waals surface area contributed by atoms with E-state index in [4.69, 9.17) is 11.6 Å². The summed E-state index contributed by atoms with van der Waals surface area (Å²) in [5.41, 5.74) is 2.01. The van der Waals surface area contributed by atoms with Crippen LogP contribution < -0.4 is 10.2 Å². The van der Waals surface area contributed by atoms with E-state index < -0.39 is 0 Å². The van der Waals surface area contributed by atoms with Crippen LogP contribution in [-0.4, -0.2) is 80.0 Å². The molecule has 7 nitrogen and oxygen atoms in total. The van der Waals surface area contributed by atoms with Gasteiger partial charge in [-0.3, -0.25) is 9.78 Å². The summed E-state index contributed by atoms with van der Waals surface area (Å²) < 4.78 is 0. The summed E-state index contributed by atoms with van der Waals surface area (Å²) in [5.74, 6) is 0.713. The molecule has 0 bridgehead atoms. The molecule has 1 fully saturated rings. The molecule has 26 heavy (non-hydrogen) atoms. The number of hydrogen-bond acceptors (Lipinski definition) is 4. The lowest BCUT2D eigenvalue weighted by Gasteiger charge is -2.38. The van der Waals surface area contributed by atoms with Gasteiger partial charge in [-0.2, -0.15) is 0 Å². The fourth-order valence-electron chi connectivity index (χ4n) is 2.57. The molecule has 0 aliphatic carbocycles. The third-order valence-electron chi connectivity index (χ3n) is 4.08. The molecule has 8 heteroatoms. The Bertz CT molecular complexity index is 667. The highest BCUT2D eigenvalue weighted by atomic mass is 35.5. The first-order chi connectivity index (χ1) is 12.4. The molecular formula is C18H27ClN6O. The van der Waals surface area contributed by atoms with Gasteiger partial charge in [-0.1, -0.05) is 23.8 Å². The summed E-state index contributed by atoms with van der Waals surface area (Å²) in [6.07, 6.45) is 3.42. The second-order valence-corrected chi connectivity index (χ2v) is 6.95. The van der Waals surface area contributed by atoms with Crippen LogP contribution in [-0.2, 0) is 4.79 Å². The Kier molecular flexibility index (Phi) is 7.26. The van der Waals surface area contributed by atoms with Crippen molar-refractivity contribution in [2.75, 3.05) is 58.3 Å². The molecule has 0 aromatic carbocycles. The molecule has 0 atom stereocenters. The van der Waals surface area contributed by atoms with E-state index in [1.165, 1.54) is 0 Å². The largest absolute Gasteiger partial charge is 0.367 e. The van der Waals surface area contributed by atoms with E-state index in [0.29, 0.717) is 11.6 Å². The van der Waals surface area contributed by atoms with Crippen LogP contribution in [0, 0.1) is 0 Å². The van der Waals surface area contributed by atoms with Gasteiger partial charge in [0.05, 0.1) is 10.7 Å². The summed E-state index contributed by atoms with van der Waals surface area (Å²) in [7, 11) is 3.46. The fourth-order valence-corrected chi connectivity index (χ4v) is 2.80. The van der Waals surface area contributed by atoms with Crippen molar-refractivity contribution in [1.29, 1.82) is 0 Å². The smallest absolute Gasteiger partial charge is 0.243 e. The van der Waals surface area contributed by atoms with Crippen LogP contribution in [0.3, 0.4) is 0 Å². The Morgan fingerprint density at radius 1 is 1.38 bits per heavy atom. The SMILES string of the molecule is C=C(C)CNC(=NCC(=O)N(C)C)N1CCN(c2ccncc2Cl)CC1. The maximum Gasteiger partial charge on any atom is 0.243 e. The van der Waals surface area contributed by atoms with E-state index in [1.54, 1.807) is 31.4 Å². The molecule has 1 saturated heterocycles. The van der Waals surface area contributed by atoms with E-state index in [2.05, 4.69) is 31.7 Å². The van der Waals surface area contributed by atoms with Gasteiger partial charge in [0, 0.05) is 59.2 Å². The van der Waals surface area contributed by atoms with Gasteiger partial charge in [0.15, 0.2) is 5.96 Å². The highest BCUT2D eigenvalue weighted by molar-refractivity contribution is 6.33. The third kappa shape index (κ3) is 5.62. The molecule has 0 radical (unpaired) electrons. The number of likely N-dealkylation sites (N-methyl/N-ethyl adjacent to an activating group) is 1. The summed E-state index contributed by atoms with van der Waals surface area (Å²) in [6, 6.07) is 1.93. The normalized spacial score (nSPS) is 15.0. The molecular weight excluding hydrogens is 352 g/mol. The number of nitrogens with one attached hydrogen (secondary N) is 1. The van der Waals surface area contributed by atoms with Crippen LogP contribution in [0.15, 0.2) is 35.6 Å². The highest BCUT2D eigenvalue weighted by Crippen LogP contribution is 2.25. The van der Waals surface area contributed by atoms with Gasteiger partial charge in [-0.05, 0) is 13.0 Å². The number of aromatic nitrogens is 1. The van der Waals surface area contributed by atoms with Crippen molar-refractivity contribution in [3.8, 4) is 0 Å². The Morgan fingerprint density at radius 2 is 2.08 bits per heavy atom. The Hall–Kier alpha value is -2.28. The van der Waals surface area contributed by atoms with Gasteiger partial charge in [-0.15, -0.1) is 0 Å². The van der Waals surface area contributed by atoms with Crippen molar-refractivity contribution in [2.45, 2.75) is 6.92 Å². The minimum Gasteiger partial charge on any atom is -0.367 e. The first kappa shape index (κ1) is 20.0. The number of anilines is 1. The van der Waals surface area contributed by atoms with Crippen molar-refractivity contribution >= 4 is 29.2 Å². The maximum absolute atomic E-state index is 11.9. The number of hydrogen-bond donors (Lipinski definition) is 1. The van der Waals surface area contributed by atoms with Crippen molar-refractivity contribution in [2.24, 2.45) is 4.99 Å². The molecule has 1 N–H and O–H groups in total. The van der Waals surface area contributed by atoms with E-state index in [-0.39, 0.29) is 12.5 Å². The Morgan fingerprint density at radius 3 is 2.65 bits per heavy atom. The van der Waals surface area contributed by atoms with Gasteiger partial charge < -0.3 is 20.0 Å². The van der Waals surface area contributed by atoms with E-state index >= 15 is 0 Å². The summed E-state index contributed by atoms with van der Waals surface area (Å²) in [5, 5.41) is 3.96. The molecule has 1 amide bonds. The van der Waals surface area contributed by atoms with Crippen molar-refractivity contribution in [3.05, 3.63) is 35.6 Å². The highest BCUT2D eigenvalue weighted by Gasteiger charge is 2.21. The van der Waals surface area contributed by atoms with Gasteiger partial charge in [0.25, 0.3) is 0 Å². The van der Waals surface area contributed by atoms with E-state index in [9.17, 15) is 4.79 Å². The second kappa shape index (κ2) is 9.43. The number of halogens is 1. The zero-order valence-corrected chi connectivity index (χ0v) is 16.5. The number of piperazine rings is 1. The summed E-state index contributed by atoms with van der Waals surface area (Å²) in [4.78, 5) is 26.4. The fraction of sp³-hybridized carbons (Fsp3) is 0.500. The van der Waals surface area contributed by atoms with Crippen molar-refractivity contribution in [3.63, 3.8) is 0 Å². The van der Waals surface area contributed by atoms with Crippen LogP contribution in [0.2, 0.25) is 5.02 Å². The molecule has 0 unspecified atom stereocenters. The quantitative estimate of drug-likeness (QED) is 0.477. The number of rotatable bonds is 5. The number of amides is 1. The lowest BCUT2D eigenvalue weighted by molar-refractivity contribution is -0.127. The minimum atomic E-state index is -0.0261. The molecule has 2 heterocycles. The monoisotopic (exact) mass is 378 g/mol. The first-order valence-electron chi connectivity index (χ1n) is 8.60. The molecule has 1 aromatic rings. The van der Waals surface area contributed by atoms with Gasteiger partial charge >= 0.3 is 0 Å². The molecule has 1 aliphatic rings. The predicted molar refractivity (Wildman–Crippen MR) is 107 cm³/mol. The standard InChI is InChI=1S/C18H27ClN6O/c1-14(2)11-21-18(22-13-17(26)23(3)4)25-9-7-24(8-10-25)16-5-6-20-12-15(16)19/h5-6,12H,1,7-11,13H2,2-4H3,(H,21,22). The molecule has 0 saturated carbocycles. The summed E-state index contributed by atoms with van der Waals surface area (Å²) >= 11 is 6.25. The maximum atomic E-state index is 11.9. The van der Waals surface area contributed by atoms with Crippen LogP contribution >= 0.6 is 11.6 Å².